The number of carbonyl (C=O) groups is 1. The number of nitrogens with one attached hydrogen (secondary N) is 2. The van der Waals surface area contributed by atoms with Gasteiger partial charge in [-0.15, -0.1) is 11.3 Å². The summed E-state index contributed by atoms with van der Waals surface area (Å²) in [4.78, 5) is 13.1. The summed E-state index contributed by atoms with van der Waals surface area (Å²) in [7, 11) is 0. The Bertz CT molecular complexity index is 605. The van der Waals surface area contributed by atoms with E-state index >= 15 is 0 Å². The summed E-state index contributed by atoms with van der Waals surface area (Å²) in [5.74, 6) is 0.0289. The summed E-state index contributed by atoms with van der Waals surface area (Å²) >= 11 is 5.16. The Morgan fingerprint density at radius 2 is 2.05 bits per heavy atom. The lowest BCUT2D eigenvalue weighted by Crippen LogP contribution is -2.25. The molecular formula is C15H15BrN2OS. The van der Waals surface area contributed by atoms with Crippen LogP contribution < -0.4 is 10.6 Å². The van der Waals surface area contributed by atoms with Crippen LogP contribution in [0.15, 0.2) is 40.2 Å². The molecule has 1 amide bonds. The van der Waals surface area contributed by atoms with Gasteiger partial charge in [0.05, 0.1) is 0 Å². The van der Waals surface area contributed by atoms with E-state index in [9.17, 15) is 4.79 Å². The fourth-order valence-corrected chi connectivity index (χ4v) is 3.26. The van der Waals surface area contributed by atoms with Gasteiger partial charge in [-0.05, 0) is 59.1 Å². The Hall–Kier alpha value is -1.33. The van der Waals surface area contributed by atoms with Crippen molar-refractivity contribution < 1.29 is 4.79 Å². The van der Waals surface area contributed by atoms with Crippen molar-refractivity contribution in [3.05, 3.63) is 50.6 Å². The highest BCUT2D eigenvalue weighted by atomic mass is 79.9. The van der Waals surface area contributed by atoms with E-state index in [0.29, 0.717) is 6.04 Å². The molecule has 20 heavy (non-hydrogen) atoms. The molecule has 1 aliphatic carbocycles. The third-order valence-electron chi connectivity index (χ3n) is 3.15. The third-order valence-corrected chi connectivity index (χ3v) is 4.85. The van der Waals surface area contributed by atoms with Crippen LogP contribution in [0.1, 0.15) is 28.1 Å². The lowest BCUT2D eigenvalue weighted by atomic mass is 10.2. The smallest absolute Gasteiger partial charge is 0.251 e. The number of hydrogen-bond donors (Lipinski definition) is 2. The van der Waals surface area contributed by atoms with Gasteiger partial charge in [-0.1, -0.05) is 0 Å². The Balaban J connectivity index is 1.56. The van der Waals surface area contributed by atoms with Crippen molar-refractivity contribution in [2.24, 2.45) is 0 Å². The normalized spacial score (nSPS) is 14.1. The molecule has 3 rings (SSSR count). The highest BCUT2D eigenvalue weighted by Gasteiger charge is 2.23. The summed E-state index contributed by atoms with van der Waals surface area (Å²) in [6.07, 6.45) is 2.23. The van der Waals surface area contributed by atoms with Gasteiger partial charge in [0.1, 0.15) is 0 Å². The number of halogens is 1. The van der Waals surface area contributed by atoms with Crippen molar-refractivity contribution in [3.8, 4) is 0 Å². The van der Waals surface area contributed by atoms with Gasteiger partial charge in [-0.25, -0.2) is 0 Å². The molecule has 0 unspecified atom stereocenters. The summed E-state index contributed by atoms with van der Waals surface area (Å²) < 4.78 is 1.12. The zero-order chi connectivity index (χ0) is 13.9. The highest BCUT2D eigenvalue weighted by molar-refractivity contribution is 9.10. The minimum atomic E-state index is 0.0289. The first-order valence-corrected chi connectivity index (χ1v) is 8.26. The molecule has 1 fully saturated rings. The second kappa shape index (κ2) is 5.97. The van der Waals surface area contributed by atoms with Crippen LogP contribution in [0.5, 0.6) is 0 Å². The summed E-state index contributed by atoms with van der Waals surface area (Å²) in [6, 6.07) is 10.1. The molecule has 104 valence electrons. The van der Waals surface area contributed by atoms with Crippen LogP contribution in [0.2, 0.25) is 0 Å². The van der Waals surface area contributed by atoms with E-state index in [1.165, 1.54) is 4.88 Å². The van der Waals surface area contributed by atoms with Gasteiger partial charge in [0.25, 0.3) is 5.91 Å². The molecule has 2 aromatic rings. The monoisotopic (exact) mass is 350 g/mol. The summed E-state index contributed by atoms with van der Waals surface area (Å²) in [5, 5.41) is 8.41. The predicted molar refractivity (Wildman–Crippen MR) is 86.3 cm³/mol. The zero-order valence-corrected chi connectivity index (χ0v) is 13.3. The van der Waals surface area contributed by atoms with E-state index in [2.05, 4.69) is 38.0 Å². The Kier molecular flexibility index (Phi) is 4.08. The molecule has 1 aromatic carbocycles. The van der Waals surface area contributed by atoms with E-state index in [-0.39, 0.29) is 5.91 Å². The topological polar surface area (TPSA) is 41.1 Å². The molecule has 1 heterocycles. The molecule has 1 saturated carbocycles. The Morgan fingerprint density at radius 1 is 1.30 bits per heavy atom. The molecule has 0 bridgehead atoms. The van der Waals surface area contributed by atoms with Crippen molar-refractivity contribution in [3.63, 3.8) is 0 Å². The van der Waals surface area contributed by atoms with Gasteiger partial charge in [0.15, 0.2) is 0 Å². The standard InChI is InChI=1S/C15H15BrN2OS/c16-11-7-14(20-9-11)8-17-12-3-1-10(2-4-12)15(19)18-13-5-6-13/h1-4,7,9,13,17H,5-6,8H2,(H,18,19). The molecule has 1 aliphatic rings. The number of amides is 1. The predicted octanol–water partition coefficient (Wildman–Crippen LogP) is 4.01. The van der Waals surface area contributed by atoms with Crippen LogP contribution in [-0.2, 0) is 6.54 Å². The molecule has 3 nitrogen and oxygen atoms in total. The number of hydrogen-bond acceptors (Lipinski definition) is 3. The molecular weight excluding hydrogens is 336 g/mol. The minimum Gasteiger partial charge on any atom is -0.380 e. The first kappa shape index (κ1) is 13.6. The van der Waals surface area contributed by atoms with Gasteiger partial charge in [-0.2, -0.15) is 0 Å². The maximum atomic E-state index is 11.9. The van der Waals surface area contributed by atoms with Crippen molar-refractivity contribution in [1.82, 2.24) is 5.32 Å². The van der Waals surface area contributed by atoms with Crippen LogP contribution in [0, 0.1) is 0 Å². The molecule has 0 saturated heterocycles. The quantitative estimate of drug-likeness (QED) is 0.855. The van der Waals surface area contributed by atoms with Crippen molar-refractivity contribution in [2.75, 3.05) is 5.32 Å². The second-order valence-corrected chi connectivity index (χ2v) is 6.82. The molecule has 2 N–H and O–H groups in total. The van der Waals surface area contributed by atoms with E-state index < -0.39 is 0 Å². The molecule has 0 spiro atoms. The van der Waals surface area contributed by atoms with E-state index in [4.69, 9.17) is 0 Å². The van der Waals surface area contributed by atoms with E-state index in [1.807, 2.05) is 24.3 Å². The lowest BCUT2D eigenvalue weighted by Gasteiger charge is -2.07. The van der Waals surface area contributed by atoms with Gasteiger partial charge in [-0.3, -0.25) is 4.79 Å². The Labute approximate surface area is 130 Å². The largest absolute Gasteiger partial charge is 0.380 e. The number of benzene rings is 1. The van der Waals surface area contributed by atoms with Gasteiger partial charge in [0.2, 0.25) is 0 Å². The first-order chi connectivity index (χ1) is 9.70. The maximum Gasteiger partial charge on any atom is 0.251 e. The molecule has 5 heteroatoms. The van der Waals surface area contributed by atoms with Crippen LogP contribution >= 0.6 is 27.3 Å². The summed E-state index contributed by atoms with van der Waals surface area (Å²) in [6.45, 7) is 0.796. The van der Waals surface area contributed by atoms with E-state index in [1.54, 1.807) is 11.3 Å². The number of rotatable bonds is 5. The number of carbonyl (C=O) groups excluding carboxylic acids is 1. The van der Waals surface area contributed by atoms with Crippen molar-refractivity contribution in [1.29, 1.82) is 0 Å². The SMILES string of the molecule is O=C(NC1CC1)c1ccc(NCc2cc(Br)cs2)cc1. The van der Waals surface area contributed by atoms with Gasteiger partial charge >= 0.3 is 0 Å². The Morgan fingerprint density at radius 3 is 2.65 bits per heavy atom. The maximum absolute atomic E-state index is 11.9. The van der Waals surface area contributed by atoms with Crippen LogP contribution in [0.4, 0.5) is 5.69 Å². The minimum absolute atomic E-state index is 0.0289. The lowest BCUT2D eigenvalue weighted by molar-refractivity contribution is 0.0951. The van der Waals surface area contributed by atoms with Crippen LogP contribution in [0.25, 0.3) is 0 Å². The molecule has 0 atom stereocenters. The zero-order valence-electron chi connectivity index (χ0n) is 10.9. The average molecular weight is 351 g/mol. The highest BCUT2D eigenvalue weighted by Crippen LogP contribution is 2.21. The van der Waals surface area contributed by atoms with Crippen molar-refractivity contribution >= 4 is 38.9 Å². The molecule has 1 aromatic heterocycles. The van der Waals surface area contributed by atoms with Crippen LogP contribution in [0.3, 0.4) is 0 Å². The number of thiophene rings is 1. The fraction of sp³-hybridized carbons (Fsp3) is 0.267. The average Bonchev–Trinajstić information content (AvgIpc) is 3.17. The third kappa shape index (κ3) is 3.61. The molecule has 0 radical (unpaired) electrons. The fourth-order valence-electron chi connectivity index (χ4n) is 1.87. The van der Waals surface area contributed by atoms with Crippen LogP contribution in [-0.4, -0.2) is 11.9 Å². The second-order valence-electron chi connectivity index (χ2n) is 4.91. The molecule has 0 aliphatic heterocycles. The van der Waals surface area contributed by atoms with Gasteiger partial charge < -0.3 is 10.6 Å². The van der Waals surface area contributed by atoms with Gasteiger partial charge in [0, 0.05) is 38.6 Å². The van der Waals surface area contributed by atoms with Crippen molar-refractivity contribution in [2.45, 2.75) is 25.4 Å². The van der Waals surface area contributed by atoms with E-state index in [0.717, 1.165) is 35.1 Å². The number of anilines is 1. The summed E-state index contributed by atoms with van der Waals surface area (Å²) in [5.41, 5.74) is 1.75. The first-order valence-electron chi connectivity index (χ1n) is 6.58.